The summed E-state index contributed by atoms with van der Waals surface area (Å²) in [6.07, 6.45) is 0.883. The first kappa shape index (κ1) is 14.5. The van der Waals surface area contributed by atoms with Crippen molar-refractivity contribution in [3.63, 3.8) is 0 Å². The molecule has 3 aromatic rings. The van der Waals surface area contributed by atoms with Crippen molar-refractivity contribution in [1.29, 1.82) is 0 Å². The lowest BCUT2D eigenvalue weighted by molar-refractivity contribution is 0.832. The van der Waals surface area contributed by atoms with E-state index in [9.17, 15) is 0 Å². The summed E-state index contributed by atoms with van der Waals surface area (Å²) in [6, 6.07) is 14.8. The molecule has 0 aliphatic heterocycles. The zero-order chi connectivity index (χ0) is 14.7. The number of nitrogens with zero attached hydrogens (tertiary/aromatic N) is 2. The topological polar surface area (TPSA) is 51.8 Å². The summed E-state index contributed by atoms with van der Waals surface area (Å²) in [6.45, 7) is 2.07. The number of hydrogen-bond acceptors (Lipinski definition) is 5. The highest BCUT2D eigenvalue weighted by Gasteiger charge is 2.10. The average Bonchev–Trinajstić information content (AvgIpc) is 3.00. The van der Waals surface area contributed by atoms with Gasteiger partial charge in [0, 0.05) is 18.2 Å². The molecule has 0 fully saturated rings. The predicted octanol–water partition coefficient (Wildman–Crippen LogP) is 4.05. The van der Waals surface area contributed by atoms with Gasteiger partial charge in [-0.05, 0) is 33.9 Å². The standard InChI is InChI=1S/C16H17N3S2/c1-2-15-18-16(21-19-15)20-10-14(17)13-8-7-11-5-3-4-6-12(11)9-13/h3-9,14H,2,10,17H2,1H3. The molecule has 1 unspecified atom stereocenters. The van der Waals surface area contributed by atoms with E-state index in [1.165, 1.54) is 27.9 Å². The lowest BCUT2D eigenvalue weighted by atomic mass is 10.0. The van der Waals surface area contributed by atoms with Crippen LogP contribution in [0.5, 0.6) is 0 Å². The Morgan fingerprint density at radius 1 is 1.19 bits per heavy atom. The van der Waals surface area contributed by atoms with Gasteiger partial charge in [-0.2, -0.15) is 4.37 Å². The number of hydrogen-bond donors (Lipinski definition) is 1. The summed E-state index contributed by atoms with van der Waals surface area (Å²) in [5.41, 5.74) is 7.48. The van der Waals surface area contributed by atoms with Gasteiger partial charge < -0.3 is 5.73 Å². The minimum Gasteiger partial charge on any atom is -0.323 e. The van der Waals surface area contributed by atoms with Crippen molar-refractivity contribution < 1.29 is 0 Å². The van der Waals surface area contributed by atoms with Gasteiger partial charge in [0.05, 0.1) is 0 Å². The molecule has 2 aromatic carbocycles. The van der Waals surface area contributed by atoms with Crippen molar-refractivity contribution in [1.82, 2.24) is 9.36 Å². The molecule has 0 bridgehead atoms. The van der Waals surface area contributed by atoms with Crippen LogP contribution in [0.15, 0.2) is 46.8 Å². The monoisotopic (exact) mass is 315 g/mol. The fourth-order valence-corrected chi connectivity index (χ4v) is 3.85. The first-order valence-electron chi connectivity index (χ1n) is 6.96. The molecule has 3 nitrogen and oxygen atoms in total. The lowest BCUT2D eigenvalue weighted by Crippen LogP contribution is -2.12. The Bertz CT molecular complexity index is 739. The number of nitrogens with two attached hydrogens (primary N) is 1. The van der Waals surface area contributed by atoms with Crippen LogP contribution in [-0.2, 0) is 6.42 Å². The summed E-state index contributed by atoms with van der Waals surface area (Å²) in [7, 11) is 0. The third-order valence-corrected chi connectivity index (χ3v) is 5.34. The largest absolute Gasteiger partial charge is 0.323 e. The smallest absolute Gasteiger partial charge is 0.170 e. The number of aromatic nitrogens is 2. The van der Waals surface area contributed by atoms with Crippen LogP contribution in [0.1, 0.15) is 24.4 Å². The van der Waals surface area contributed by atoms with Crippen LogP contribution in [0.4, 0.5) is 0 Å². The first-order valence-corrected chi connectivity index (χ1v) is 8.72. The number of fused-ring (bicyclic) bond motifs is 1. The predicted molar refractivity (Wildman–Crippen MR) is 90.9 cm³/mol. The van der Waals surface area contributed by atoms with Crippen molar-refractivity contribution in [2.24, 2.45) is 5.73 Å². The van der Waals surface area contributed by atoms with Gasteiger partial charge in [-0.15, -0.1) is 0 Å². The number of benzene rings is 2. The molecule has 1 heterocycles. The van der Waals surface area contributed by atoms with E-state index in [4.69, 9.17) is 5.73 Å². The van der Waals surface area contributed by atoms with E-state index < -0.39 is 0 Å². The van der Waals surface area contributed by atoms with E-state index in [0.29, 0.717) is 0 Å². The van der Waals surface area contributed by atoms with E-state index in [1.54, 1.807) is 11.8 Å². The van der Waals surface area contributed by atoms with Gasteiger partial charge in [0.2, 0.25) is 0 Å². The van der Waals surface area contributed by atoms with Crippen LogP contribution in [0.25, 0.3) is 10.8 Å². The third kappa shape index (κ3) is 3.43. The molecule has 1 atom stereocenters. The molecule has 0 radical (unpaired) electrons. The summed E-state index contributed by atoms with van der Waals surface area (Å²) in [5.74, 6) is 1.73. The Kier molecular flexibility index (Phi) is 4.53. The molecule has 0 saturated heterocycles. The van der Waals surface area contributed by atoms with Crippen LogP contribution >= 0.6 is 23.3 Å². The van der Waals surface area contributed by atoms with E-state index >= 15 is 0 Å². The number of aryl methyl sites for hydroxylation is 1. The maximum absolute atomic E-state index is 6.31. The maximum Gasteiger partial charge on any atom is 0.170 e. The van der Waals surface area contributed by atoms with Crippen molar-refractivity contribution >= 4 is 34.1 Å². The Balaban J connectivity index is 1.69. The van der Waals surface area contributed by atoms with Crippen molar-refractivity contribution in [3.8, 4) is 0 Å². The third-order valence-electron chi connectivity index (χ3n) is 3.35. The molecule has 21 heavy (non-hydrogen) atoms. The zero-order valence-electron chi connectivity index (χ0n) is 11.8. The molecule has 2 N–H and O–H groups in total. The van der Waals surface area contributed by atoms with Gasteiger partial charge in [0.1, 0.15) is 5.82 Å². The Hall–Kier alpha value is -1.43. The first-order chi connectivity index (χ1) is 10.3. The van der Waals surface area contributed by atoms with Gasteiger partial charge >= 0.3 is 0 Å². The second-order valence-electron chi connectivity index (χ2n) is 4.85. The maximum atomic E-state index is 6.31. The van der Waals surface area contributed by atoms with Gasteiger partial charge in [-0.3, -0.25) is 0 Å². The second-order valence-corrected chi connectivity index (χ2v) is 6.87. The lowest BCUT2D eigenvalue weighted by Gasteiger charge is -2.11. The minimum atomic E-state index is 0.00795. The quantitative estimate of drug-likeness (QED) is 0.722. The van der Waals surface area contributed by atoms with Crippen LogP contribution in [0.2, 0.25) is 0 Å². The number of rotatable bonds is 5. The Labute approximate surface area is 132 Å². The average molecular weight is 315 g/mol. The Morgan fingerprint density at radius 3 is 2.76 bits per heavy atom. The Morgan fingerprint density at radius 2 is 2.00 bits per heavy atom. The molecule has 0 saturated carbocycles. The van der Waals surface area contributed by atoms with E-state index in [1.807, 2.05) is 0 Å². The van der Waals surface area contributed by atoms with Crippen molar-refractivity contribution in [2.45, 2.75) is 23.7 Å². The van der Waals surface area contributed by atoms with E-state index in [0.717, 1.165) is 22.3 Å². The van der Waals surface area contributed by atoms with Gasteiger partial charge in [0.15, 0.2) is 4.34 Å². The van der Waals surface area contributed by atoms with Crippen LogP contribution in [0.3, 0.4) is 0 Å². The number of thioether (sulfide) groups is 1. The van der Waals surface area contributed by atoms with Crippen LogP contribution in [-0.4, -0.2) is 15.1 Å². The van der Waals surface area contributed by atoms with Gasteiger partial charge in [-0.25, -0.2) is 4.98 Å². The molecule has 3 rings (SSSR count). The van der Waals surface area contributed by atoms with E-state index in [2.05, 4.69) is 58.7 Å². The zero-order valence-corrected chi connectivity index (χ0v) is 13.5. The highest BCUT2D eigenvalue weighted by molar-refractivity contribution is 8.00. The van der Waals surface area contributed by atoms with Gasteiger partial charge in [-0.1, -0.05) is 55.1 Å². The molecule has 0 spiro atoms. The van der Waals surface area contributed by atoms with Crippen LogP contribution < -0.4 is 5.73 Å². The van der Waals surface area contributed by atoms with Crippen molar-refractivity contribution in [2.75, 3.05) is 5.75 Å². The normalized spacial score (nSPS) is 12.7. The highest BCUT2D eigenvalue weighted by Crippen LogP contribution is 2.26. The molecular weight excluding hydrogens is 298 g/mol. The SMILES string of the molecule is CCc1nsc(SCC(N)c2ccc3ccccc3c2)n1. The van der Waals surface area contributed by atoms with Crippen LogP contribution in [0, 0.1) is 0 Å². The summed E-state index contributed by atoms with van der Waals surface area (Å²) in [5, 5.41) is 2.48. The highest BCUT2D eigenvalue weighted by atomic mass is 32.2. The van der Waals surface area contributed by atoms with E-state index in [-0.39, 0.29) is 6.04 Å². The molecule has 1 aromatic heterocycles. The summed E-state index contributed by atoms with van der Waals surface area (Å²) in [4.78, 5) is 4.46. The summed E-state index contributed by atoms with van der Waals surface area (Å²) < 4.78 is 5.30. The molecule has 0 aliphatic carbocycles. The second kappa shape index (κ2) is 6.56. The minimum absolute atomic E-state index is 0.00795. The van der Waals surface area contributed by atoms with Crippen molar-refractivity contribution in [3.05, 3.63) is 53.9 Å². The fourth-order valence-electron chi connectivity index (χ4n) is 2.14. The van der Waals surface area contributed by atoms with Gasteiger partial charge in [0.25, 0.3) is 0 Å². The summed E-state index contributed by atoms with van der Waals surface area (Å²) >= 11 is 3.15. The molecule has 0 amide bonds. The molecule has 108 valence electrons. The molecule has 0 aliphatic rings. The molecular formula is C16H17N3S2. The fraction of sp³-hybridized carbons (Fsp3) is 0.250. The molecule has 5 heteroatoms.